The summed E-state index contributed by atoms with van der Waals surface area (Å²) in [6.45, 7) is 1.84. The van der Waals surface area contributed by atoms with E-state index in [2.05, 4.69) is 15.5 Å². The SMILES string of the molecule is COC(=O)c1cc(C)sc1NC(=O)c1cc(-c2ccc(Cl)c(Cl)c2)n[nH]1. The number of esters is 1. The van der Waals surface area contributed by atoms with E-state index in [-0.39, 0.29) is 5.69 Å². The Hall–Kier alpha value is -2.35. The Bertz CT molecular complexity index is 997. The quantitative estimate of drug-likeness (QED) is 0.606. The number of aromatic amines is 1. The number of hydrogen-bond donors (Lipinski definition) is 2. The third-order valence-electron chi connectivity index (χ3n) is 3.53. The summed E-state index contributed by atoms with van der Waals surface area (Å²) in [5.41, 5.74) is 1.82. The van der Waals surface area contributed by atoms with Crippen molar-refractivity contribution >= 4 is 51.4 Å². The van der Waals surface area contributed by atoms with Crippen LogP contribution in [0.25, 0.3) is 11.3 Å². The molecule has 3 rings (SSSR count). The molecule has 2 aromatic heterocycles. The number of aryl methyl sites for hydroxylation is 1. The molecule has 1 aromatic carbocycles. The minimum Gasteiger partial charge on any atom is -0.465 e. The van der Waals surface area contributed by atoms with Gasteiger partial charge in [-0.05, 0) is 31.2 Å². The van der Waals surface area contributed by atoms with Crippen LogP contribution in [0.4, 0.5) is 5.00 Å². The van der Waals surface area contributed by atoms with Gasteiger partial charge in [-0.3, -0.25) is 9.89 Å². The van der Waals surface area contributed by atoms with Gasteiger partial charge in [0.2, 0.25) is 0 Å². The highest BCUT2D eigenvalue weighted by Gasteiger charge is 2.19. The molecule has 134 valence electrons. The highest BCUT2D eigenvalue weighted by Crippen LogP contribution is 2.30. The fourth-order valence-electron chi connectivity index (χ4n) is 2.28. The van der Waals surface area contributed by atoms with Crippen LogP contribution in [-0.4, -0.2) is 29.2 Å². The number of carbonyl (C=O) groups excluding carboxylic acids is 2. The van der Waals surface area contributed by atoms with E-state index < -0.39 is 11.9 Å². The van der Waals surface area contributed by atoms with Crippen LogP contribution in [0, 0.1) is 6.92 Å². The number of benzene rings is 1. The van der Waals surface area contributed by atoms with Crippen LogP contribution < -0.4 is 5.32 Å². The van der Waals surface area contributed by atoms with Crippen LogP contribution in [-0.2, 0) is 4.74 Å². The van der Waals surface area contributed by atoms with Crippen molar-refractivity contribution in [2.24, 2.45) is 0 Å². The van der Waals surface area contributed by atoms with Gasteiger partial charge in [0, 0.05) is 10.4 Å². The monoisotopic (exact) mass is 409 g/mol. The molecule has 0 atom stereocenters. The first-order chi connectivity index (χ1) is 12.4. The fraction of sp³-hybridized carbons (Fsp3) is 0.118. The minimum atomic E-state index is -0.509. The van der Waals surface area contributed by atoms with E-state index in [9.17, 15) is 9.59 Å². The minimum absolute atomic E-state index is 0.243. The lowest BCUT2D eigenvalue weighted by atomic mass is 10.1. The highest BCUT2D eigenvalue weighted by atomic mass is 35.5. The molecule has 0 fully saturated rings. The number of nitrogens with zero attached hydrogens (tertiary/aromatic N) is 1. The summed E-state index contributed by atoms with van der Waals surface area (Å²) in [5.74, 6) is -0.929. The summed E-state index contributed by atoms with van der Waals surface area (Å²) in [6.07, 6.45) is 0. The summed E-state index contributed by atoms with van der Waals surface area (Å²) in [6, 6.07) is 8.34. The van der Waals surface area contributed by atoms with Gasteiger partial charge in [-0.2, -0.15) is 5.10 Å². The molecular formula is C17H13Cl2N3O3S. The van der Waals surface area contributed by atoms with Gasteiger partial charge in [-0.25, -0.2) is 4.79 Å². The molecule has 0 saturated carbocycles. The summed E-state index contributed by atoms with van der Waals surface area (Å²) in [4.78, 5) is 25.2. The summed E-state index contributed by atoms with van der Waals surface area (Å²) >= 11 is 13.2. The van der Waals surface area contributed by atoms with Crippen LogP contribution in [0.2, 0.25) is 10.0 Å². The fourth-order valence-corrected chi connectivity index (χ4v) is 3.47. The predicted octanol–water partition coefficient (Wildman–Crippen LogP) is 4.79. The smallest absolute Gasteiger partial charge is 0.340 e. The Morgan fingerprint density at radius 2 is 1.96 bits per heavy atom. The largest absolute Gasteiger partial charge is 0.465 e. The van der Waals surface area contributed by atoms with Crippen LogP contribution in [0.5, 0.6) is 0 Å². The first kappa shape index (κ1) is 18.4. The zero-order valence-corrected chi connectivity index (χ0v) is 16.1. The zero-order chi connectivity index (χ0) is 18.8. The van der Waals surface area contributed by atoms with Crippen molar-refractivity contribution < 1.29 is 14.3 Å². The predicted molar refractivity (Wildman–Crippen MR) is 102 cm³/mol. The van der Waals surface area contributed by atoms with Gasteiger partial charge in [0.05, 0.1) is 28.4 Å². The van der Waals surface area contributed by atoms with Crippen LogP contribution in [0.3, 0.4) is 0 Å². The number of halogens is 2. The van der Waals surface area contributed by atoms with E-state index >= 15 is 0 Å². The number of methoxy groups -OCH3 is 1. The molecule has 2 N–H and O–H groups in total. The topological polar surface area (TPSA) is 84.1 Å². The molecule has 0 aliphatic heterocycles. The van der Waals surface area contributed by atoms with Crippen LogP contribution >= 0.6 is 34.5 Å². The van der Waals surface area contributed by atoms with Crippen molar-refractivity contribution in [3.63, 3.8) is 0 Å². The van der Waals surface area contributed by atoms with Gasteiger partial charge in [0.15, 0.2) is 0 Å². The zero-order valence-electron chi connectivity index (χ0n) is 13.7. The Morgan fingerprint density at radius 3 is 2.65 bits per heavy atom. The normalized spacial score (nSPS) is 10.6. The number of amides is 1. The number of hydrogen-bond acceptors (Lipinski definition) is 5. The van der Waals surface area contributed by atoms with Crippen molar-refractivity contribution in [2.45, 2.75) is 6.92 Å². The van der Waals surface area contributed by atoms with Crippen molar-refractivity contribution in [3.8, 4) is 11.3 Å². The average Bonchev–Trinajstić information content (AvgIpc) is 3.23. The van der Waals surface area contributed by atoms with Crippen LogP contribution in [0.1, 0.15) is 25.7 Å². The molecule has 26 heavy (non-hydrogen) atoms. The Balaban J connectivity index is 1.83. The maximum atomic E-state index is 12.5. The molecule has 0 aliphatic rings. The third-order valence-corrected chi connectivity index (χ3v) is 5.23. The number of aromatic nitrogens is 2. The molecule has 0 aliphatic carbocycles. The van der Waals surface area contributed by atoms with Gasteiger partial charge in [0.25, 0.3) is 5.91 Å². The Morgan fingerprint density at radius 1 is 1.19 bits per heavy atom. The highest BCUT2D eigenvalue weighted by molar-refractivity contribution is 7.16. The number of thiophene rings is 1. The molecule has 0 spiro atoms. The summed E-state index contributed by atoms with van der Waals surface area (Å²) < 4.78 is 4.73. The van der Waals surface area contributed by atoms with Gasteiger partial charge < -0.3 is 10.1 Å². The second kappa shape index (κ2) is 7.49. The standard InChI is InChI=1S/C17H13Cl2N3O3S/c1-8-5-10(17(24)25-2)16(26-8)20-15(23)14-7-13(21-22-14)9-3-4-11(18)12(19)6-9/h3-7H,1-2H3,(H,20,23)(H,21,22). The molecule has 1 amide bonds. The lowest BCUT2D eigenvalue weighted by Crippen LogP contribution is -2.14. The molecule has 0 saturated heterocycles. The van der Waals surface area contributed by atoms with E-state index in [0.29, 0.717) is 26.3 Å². The molecular weight excluding hydrogens is 397 g/mol. The van der Waals surface area contributed by atoms with Gasteiger partial charge in [0.1, 0.15) is 10.7 Å². The van der Waals surface area contributed by atoms with Gasteiger partial charge in [-0.15, -0.1) is 11.3 Å². The average molecular weight is 410 g/mol. The van der Waals surface area contributed by atoms with Crippen molar-refractivity contribution in [1.82, 2.24) is 10.2 Å². The van der Waals surface area contributed by atoms with E-state index in [1.165, 1.54) is 18.4 Å². The second-order valence-corrected chi connectivity index (χ2v) is 7.41. The maximum Gasteiger partial charge on any atom is 0.340 e. The number of rotatable bonds is 4. The van der Waals surface area contributed by atoms with E-state index in [0.717, 1.165) is 10.4 Å². The second-order valence-electron chi connectivity index (χ2n) is 5.34. The summed E-state index contributed by atoms with van der Waals surface area (Å²) in [7, 11) is 1.29. The molecule has 0 radical (unpaired) electrons. The van der Waals surface area contributed by atoms with Crippen LogP contribution in [0.15, 0.2) is 30.3 Å². The summed E-state index contributed by atoms with van der Waals surface area (Å²) in [5, 5.41) is 10.8. The Kier molecular flexibility index (Phi) is 5.31. The molecule has 9 heteroatoms. The lowest BCUT2D eigenvalue weighted by Gasteiger charge is -2.03. The van der Waals surface area contributed by atoms with Crippen molar-refractivity contribution in [3.05, 3.63) is 56.5 Å². The third kappa shape index (κ3) is 3.75. The number of ether oxygens (including phenoxy) is 1. The molecule has 6 nitrogen and oxygen atoms in total. The maximum absolute atomic E-state index is 12.5. The first-order valence-corrected chi connectivity index (χ1v) is 8.97. The number of anilines is 1. The van der Waals surface area contributed by atoms with Crippen molar-refractivity contribution in [1.29, 1.82) is 0 Å². The number of nitrogens with one attached hydrogen (secondary N) is 2. The molecule has 0 bridgehead atoms. The van der Waals surface area contributed by atoms with Crippen molar-refractivity contribution in [2.75, 3.05) is 12.4 Å². The lowest BCUT2D eigenvalue weighted by molar-refractivity contribution is 0.0602. The first-order valence-electron chi connectivity index (χ1n) is 7.40. The number of H-pyrrole nitrogens is 1. The Labute approximate surface area is 163 Å². The molecule has 2 heterocycles. The molecule has 3 aromatic rings. The number of carbonyl (C=O) groups is 2. The van der Waals surface area contributed by atoms with E-state index in [4.69, 9.17) is 27.9 Å². The van der Waals surface area contributed by atoms with E-state index in [1.54, 1.807) is 30.3 Å². The van der Waals surface area contributed by atoms with Gasteiger partial charge in [-0.1, -0.05) is 29.3 Å². The molecule has 0 unspecified atom stereocenters. The van der Waals surface area contributed by atoms with Gasteiger partial charge >= 0.3 is 5.97 Å². The van der Waals surface area contributed by atoms with E-state index in [1.807, 2.05) is 6.92 Å².